The summed E-state index contributed by atoms with van der Waals surface area (Å²) in [6, 6.07) is 13.5. The highest BCUT2D eigenvalue weighted by molar-refractivity contribution is 7.98. The summed E-state index contributed by atoms with van der Waals surface area (Å²) in [4.78, 5) is 27.7. The van der Waals surface area contributed by atoms with Gasteiger partial charge in [0.25, 0.3) is 10.0 Å². The Morgan fingerprint density at radius 3 is 2.40 bits per heavy atom. The van der Waals surface area contributed by atoms with Crippen molar-refractivity contribution >= 4 is 55.7 Å². The molecular weight excluding hydrogens is 504 g/mol. The second kappa shape index (κ2) is 10.4. The second-order valence-corrected chi connectivity index (χ2v) is 12.0. The van der Waals surface area contributed by atoms with Gasteiger partial charge in [-0.25, -0.2) is 13.2 Å². The van der Waals surface area contributed by atoms with E-state index >= 15 is 0 Å². The summed E-state index contributed by atoms with van der Waals surface area (Å²) in [5.41, 5.74) is 2.63. The molecule has 2 aromatic carbocycles. The third kappa shape index (κ3) is 5.24. The molecule has 1 aliphatic rings. The molecule has 35 heavy (non-hydrogen) atoms. The van der Waals surface area contributed by atoms with Gasteiger partial charge in [0, 0.05) is 9.77 Å². The van der Waals surface area contributed by atoms with E-state index in [1.54, 1.807) is 48.5 Å². The number of thioether (sulfide) groups is 1. The smallest absolute Gasteiger partial charge is 0.341 e. The molecule has 1 N–H and O–H groups in total. The number of nitrogens with one attached hydrogen (secondary N) is 1. The number of rotatable bonds is 8. The van der Waals surface area contributed by atoms with Crippen LogP contribution in [0.2, 0.25) is 0 Å². The monoisotopic (exact) mass is 530 g/mol. The first-order valence-corrected chi connectivity index (χ1v) is 14.5. The summed E-state index contributed by atoms with van der Waals surface area (Å²) in [6.07, 6.45) is 4.46. The standard InChI is InChI=1S/C25H26N2O5S3/c1-16-7-9-17(10-8-16)27(35(30,31)19-13-11-18(33-3)12-14-19)15-22(28)26-24-23(25(29)32-2)20-5-4-6-21(20)34-24/h7-14H,4-6,15H2,1-3H3,(H,26,28). The van der Waals surface area contributed by atoms with Crippen LogP contribution in [0.4, 0.5) is 10.7 Å². The summed E-state index contributed by atoms with van der Waals surface area (Å²) in [7, 11) is -2.73. The number of esters is 1. The molecule has 3 aromatic rings. The van der Waals surface area contributed by atoms with Crippen molar-refractivity contribution < 1.29 is 22.7 Å². The number of fused-ring (bicyclic) bond motifs is 1. The highest BCUT2D eigenvalue weighted by Gasteiger charge is 2.31. The number of ether oxygens (including phenoxy) is 1. The summed E-state index contributed by atoms with van der Waals surface area (Å²) < 4.78 is 33.3. The van der Waals surface area contributed by atoms with Crippen LogP contribution in [0.5, 0.6) is 0 Å². The van der Waals surface area contributed by atoms with Gasteiger partial charge >= 0.3 is 5.97 Å². The fraction of sp³-hybridized carbons (Fsp3) is 0.280. The van der Waals surface area contributed by atoms with Crippen LogP contribution >= 0.6 is 23.1 Å². The molecule has 0 fully saturated rings. The van der Waals surface area contributed by atoms with Gasteiger partial charge in [0.1, 0.15) is 11.5 Å². The Hall–Kier alpha value is -2.82. The van der Waals surface area contributed by atoms with E-state index in [-0.39, 0.29) is 4.90 Å². The average molecular weight is 531 g/mol. The summed E-state index contributed by atoms with van der Waals surface area (Å²) in [6.45, 7) is 1.46. The van der Waals surface area contributed by atoms with Gasteiger partial charge in [0.15, 0.2) is 0 Å². The fourth-order valence-electron chi connectivity index (χ4n) is 4.01. The summed E-state index contributed by atoms with van der Waals surface area (Å²) in [5, 5.41) is 3.18. The van der Waals surface area contributed by atoms with Crippen LogP contribution in [0.25, 0.3) is 0 Å². The van der Waals surface area contributed by atoms with Gasteiger partial charge in [-0.05, 0) is 74.4 Å². The zero-order valence-corrected chi connectivity index (χ0v) is 22.1. The molecule has 1 aromatic heterocycles. The SMILES string of the molecule is COC(=O)c1c(NC(=O)CN(c2ccc(C)cc2)S(=O)(=O)c2ccc(SC)cc2)sc2c1CCC2. The van der Waals surface area contributed by atoms with E-state index in [4.69, 9.17) is 4.74 Å². The van der Waals surface area contributed by atoms with Crippen molar-refractivity contribution in [2.24, 2.45) is 0 Å². The van der Waals surface area contributed by atoms with Crippen molar-refractivity contribution in [2.45, 2.75) is 36.0 Å². The maximum absolute atomic E-state index is 13.6. The maximum atomic E-state index is 13.6. The Labute approximate surface area is 213 Å². The van der Waals surface area contributed by atoms with Crippen molar-refractivity contribution in [3.05, 3.63) is 70.1 Å². The van der Waals surface area contributed by atoms with Gasteiger partial charge < -0.3 is 10.1 Å². The van der Waals surface area contributed by atoms with Crippen LogP contribution in [-0.4, -0.2) is 40.2 Å². The molecule has 0 spiro atoms. The first-order valence-electron chi connectivity index (χ1n) is 11.0. The van der Waals surface area contributed by atoms with E-state index < -0.39 is 28.4 Å². The van der Waals surface area contributed by atoms with Crippen molar-refractivity contribution in [3.8, 4) is 0 Å². The molecular formula is C25H26N2O5S3. The third-order valence-electron chi connectivity index (χ3n) is 5.82. The molecule has 7 nitrogen and oxygen atoms in total. The molecule has 0 saturated carbocycles. The Kier molecular flexibility index (Phi) is 7.53. The number of hydrogen-bond acceptors (Lipinski definition) is 7. The highest BCUT2D eigenvalue weighted by Crippen LogP contribution is 2.39. The van der Waals surface area contributed by atoms with Crippen LogP contribution in [0.3, 0.4) is 0 Å². The first kappa shape index (κ1) is 25.3. The molecule has 0 atom stereocenters. The molecule has 0 unspecified atom stereocenters. The third-order valence-corrected chi connectivity index (χ3v) is 9.56. The van der Waals surface area contributed by atoms with Crippen LogP contribution < -0.4 is 9.62 Å². The lowest BCUT2D eigenvalue weighted by Crippen LogP contribution is -2.38. The van der Waals surface area contributed by atoms with Crippen molar-refractivity contribution in [1.29, 1.82) is 0 Å². The van der Waals surface area contributed by atoms with E-state index in [2.05, 4.69) is 5.32 Å². The normalized spacial score (nSPS) is 12.8. The van der Waals surface area contributed by atoms with Gasteiger partial charge in [-0.3, -0.25) is 9.10 Å². The Morgan fingerprint density at radius 2 is 1.77 bits per heavy atom. The molecule has 184 valence electrons. The number of sulfonamides is 1. The number of anilines is 2. The number of methoxy groups -OCH3 is 1. The highest BCUT2D eigenvalue weighted by atomic mass is 32.2. The van der Waals surface area contributed by atoms with Crippen LogP contribution in [0.15, 0.2) is 58.3 Å². The average Bonchev–Trinajstić information content (AvgIpc) is 3.43. The van der Waals surface area contributed by atoms with E-state index in [0.717, 1.165) is 44.5 Å². The predicted molar refractivity (Wildman–Crippen MR) is 140 cm³/mol. The molecule has 10 heteroatoms. The quantitative estimate of drug-likeness (QED) is 0.329. The van der Waals surface area contributed by atoms with Crippen LogP contribution in [0.1, 0.15) is 32.8 Å². The number of hydrogen-bond donors (Lipinski definition) is 1. The first-order chi connectivity index (χ1) is 16.7. The number of carbonyl (C=O) groups excluding carboxylic acids is 2. The van der Waals surface area contributed by atoms with E-state index in [1.165, 1.54) is 30.2 Å². The van der Waals surface area contributed by atoms with Crippen LogP contribution in [0, 0.1) is 6.92 Å². The summed E-state index contributed by atoms with van der Waals surface area (Å²) >= 11 is 2.86. The lowest BCUT2D eigenvalue weighted by atomic mass is 10.1. The predicted octanol–water partition coefficient (Wildman–Crippen LogP) is 4.89. The molecule has 1 amide bonds. The van der Waals surface area contributed by atoms with Gasteiger partial charge in [-0.15, -0.1) is 23.1 Å². The van der Waals surface area contributed by atoms with Crippen molar-refractivity contribution in [3.63, 3.8) is 0 Å². The number of carbonyl (C=O) groups is 2. The van der Waals surface area contributed by atoms with E-state index in [9.17, 15) is 18.0 Å². The largest absolute Gasteiger partial charge is 0.465 e. The molecule has 4 rings (SSSR count). The minimum Gasteiger partial charge on any atom is -0.465 e. The number of nitrogens with zero attached hydrogens (tertiary/aromatic N) is 1. The fourth-order valence-corrected chi connectivity index (χ4v) is 7.13. The number of thiophene rings is 1. The lowest BCUT2D eigenvalue weighted by molar-refractivity contribution is -0.114. The van der Waals surface area contributed by atoms with Crippen LogP contribution in [-0.2, 0) is 32.4 Å². The van der Waals surface area contributed by atoms with E-state index in [0.29, 0.717) is 16.3 Å². The zero-order chi connectivity index (χ0) is 25.2. The van der Waals surface area contributed by atoms with E-state index in [1.807, 2.05) is 13.2 Å². The molecule has 1 aliphatic carbocycles. The minimum absolute atomic E-state index is 0.0917. The Bertz CT molecular complexity index is 1350. The lowest BCUT2D eigenvalue weighted by Gasteiger charge is -2.24. The Morgan fingerprint density at radius 1 is 1.09 bits per heavy atom. The van der Waals surface area contributed by atoms with Gasteiger partial charge in [0.05, 0.1) is 23.3 Å². The molecule has 0 radical (unpaired) electrons. The van der Waals surface area contributed by atoms with Crippen molar-refractivity contribution in [1.82, 2.24) is 0 Å². The zero-order valence-electron chi connectivity index (χ0n) is 19.7. The minimum atomic E-state index is -4.03. The second-order valence-electron chi connectivity index (χ2n) is 8.12. The topological polar surface area (TPSA) is 92.8 Å². The number of amides is 1. The molecule has 0 bridgehead atoms. The maximum Gasteiger partial charge on any atom is 0.341 e. The van der Waals surface area contributed by atoms with Gasteiger partial charge in [0.2, 0.25) is 5.91 Å². The van der Waals surface area contributed by atoms with Crippen molar-refractivity contribution in [2.75, 3.05) is 29.5 Å². The molecule has 0 saturated heterocycles. The number of aryl methyl sites for hydroxylation is 2. The molecule has 0 aliphatic heterocycles. The van der Waals surface area contributed by atoms with Gasteiger partial charge in [-0.2, -0.15) is 0 Å². The number of benzene rings is 2. The Balaban J connectivity index is 1.66. The summed E-state index contributed by atoms with van der Waals surface area (Å²) in [5.74, 6) is -1.04. The molecule has 1 heterocycles. The van der Waals surface area contributed by atoms with Gasteiger partial charge in [-0.1, -0.05) is 17.7 Å².